The number of esters is 1. The van der Waals surface area contributed by atoms with Crippen LogP contribution in [-0.2, 0) is 29.0 Å². The number of carbonyl (C=O) groups is 2. The number of ether oxygens (including phenoxy) is 1. The van der Waals surface area contributed by atoms with E-state index in [1.54, 1.807) is 0 Å². The lowest BCUT2D eigenvalue weighted by atomic mass is 9.96. The number of piperidine rings is 1. The first-order chi connectivity index (χ1) is 14.1. The van der Waals surface area contributed by atoms with Crippen LogP contribution in [0.1, 0.15) is 39.9 Å². The smallest absolute Gasteiger partial charge is 0.308 e. The normalized spacial score (nSPS) is 17.6. The topological polar surface area (TPSA) is 49.9 Å². The van der Waals surface area contributed by atoms with Crippen molar-refractivity contribution >= 4 is 11.9 Å². The minimum absolute atomic E-state index is 0.0479. The van der Waals surface area contributed by atoms with E-state index in [2.05, 4.69) is 41.3 Å². The zero-order chi connectivity index (χ0) is 20.2. The number of hydrogen-bond donors (Lipinski definition) is 0. The average Bonchev–Trinajstić information content (AvgIpc) is 2.78. The number of amides is 1. The third-order valence-corrected chi connectivity index (χ3v) is 6.13. The average molecular weight is 392 g/mol. The first kappa shape index (κ1) is 19.6. The molecule has 2 aliphatic rings. The molecule has 1 saturated heterocycles. The fraction of sp³-hybridized carbons (Fsp3) is 0.417. The molecule has 0 unspecified atom stereocenters. The molecular formula is C24H28N2O3. The third kappa shape index (κ3) is 4.51. The maximum absolute atomic E-state index is 12.8. The van der Waals surface area contributed by atoms with Crippen LogP contribution < -0.4 is 0 Å². The van der Waals surface area contributed by atoms with Crippen molar-refractivity contribution in [2.45, 2.75) is 32.4 Å². The number of carbonyl (C=O) groups excluding carboxylic acids is 2. The van der Waals surface area contributed by atoms with Crippen molar-refractivity contribution in [3.05, 3.63) is 70.8 Å². The molecule has 0 radical (unpaired) electrons. The predicted octanol–water partition coefficient (Wildman–Crippen LogP) is 3.27. The zero-order valence-corrected chi connectivity index (χ0v) is 17.0. The lowest BCUT2D eigenvalue weighted by Gasteiger charge is -2.31. The maximum atomic E-state index is 12.8. The van der Waals surface area contributed by atoms with E-state index in [9.17, 15) is 9.59 Å². The van der Waals surface area contributed by atoms with Gasteiger partial charge < -0.3 is 9.64 Å². The summed E-state index contributed by atoms with van der Waals surface area (Å²) < 4.78 is 4.82. The SMILES string of the molecule is COC(=O)C1CCN(C(=O)c2ccc(CN3CCc4ccccc4C3)cc2)CC1. The Kier molecular flexibility index (Phi) is 5.95. The summed E-state index contributed by atoms with van der Waals surface area (Å²) >= 11 is 0. The molecule has 4 rings (SSSR count). The molecule has 1 fully saturated rings. The van der Waals surface area contributed by atoms with Gasteiger partial charge in [-0.1, -0.05) is 36.4 Å². The highest BCUT2D eigenvalue weighted by atomic mass is 16.5. The van der Waals surface area contributed by atoms with Gasteiger partial charge in [0.25, 0.3) is 5.91 Å². The van der Waals surface area contributed by atoms with Gasteiger partial charge in [-0.2, -0.15) is 0 Å². The fourth-order valence-corrected chi connectivity index (χ4v) is 4.37. The Morgan fingerprint density at radius 1 is 0.966 bits per heavy atom. The predicted molar refractivity (Wildman–Crippen MR) is 111 cm³/mol. The second-order valence-corrected chi connectivity index (χ2v) is 8.02. The highest BCUT2D eigenvalue weighted by Gasteiger charge is 2.28. The molecule has 0 spiro atoms. The summed E-state index contributed by atoms with van der Waals surface area (Å²) in [5, 5.41) is 0. The Morgan fingerprint density at radius 3 is 2.34 bits per heavy atom. The molecular weight excluding hydrogens is 364 g/mol. The van der Waals surface area contributed by atoms with Crippen LogP contribution in [0.25, 0.3) is 0 Å². The van der Waals surface area contributed by atoms with Gasteiger partial charge in [0.2, 0.25) is 0 Å². The summed E-state index contributed by atoms with van der Waals surface area (Å²) in [7, 11) is 1.42. The molecule has 152 valence electrons. The molecule has 2 aromatic rings. The van der Waals surface area contributed by atoms with Gasteiger partial charge in [0, 0.05) is 38.3 Å². The van der Waals surface area contributed by atoms with Gasteiger partial charge in [-0.3, -0.25) is 14.5 Å². The molecule has 29 heavy (non-hydrogen) atoms. The van der Waals surface area contributed by atoms with Crippen LogP contribution in [0.4, 0.5) is 0 Å². The maximum Gasteiger partial charge on any atom is 0.308 e. The van der Waals surface area contributed by atoms with Gasteiger partial charge >= 0.3 is 5.97 Å². The summed E-state index contributed by atoms with van der Waals surface area (Å²) in [5.41, 5.74) is 4.82. The van der Waals surface area contributed by atoms with Gasteiger partial charge in [0.1, 0.15) is 0 Å². The molecule has 0 atom stereocenters. The van der Waals surface area contributed by atoms with Crippen LogP contribution in [0.15, 0.2) is 48.5 Å². The highest BCUT2D eigenvalue weighted by molar-refractivity contribution is 5.94. The number of fused-ring (bicyclic) bond motifs is 1. The lowest BCUT2D eigenvalue weighted by molar-refractivity contribution is -0.146. The van der Waals surface area contributed by atoms with Crippen LogP contribution in [0.2, 0.25) is 0 Å². The van der Waals surface area contributed by atoms with Crippen molar-refractivity contribution in [3.8, 4) is 0 Å². The van der Waals surface area contributed by atoms with Gasteiger partial charge in [0.05, 0.1) is 13.0 Å². The van der Waals surface area contributed by atoms with E-state index < -0.39 is 0 Å². The molecule has 5 heteroatoms. The summed E-state index contributed by atoms with van der Waals surface area (Å²) in [5.74, 6) is -0.199. The van der Waals surface area contributed by atoms with E-state index in [4.69, 9.17) is 4.74 Å². The number of nitrogens with zero attached hydrogens (tertiary/aromatic N) is 2. The minimum atomic E-state index is -0.165. The number of hydrogen-bond acceptors (Lipinski definition) is 4. The van der Waals surface area contributed by atoms with Gasteiger partial charge in [-0.15, -0.1) is 0 Å². The lowest BCUT2D eigenvalue weighted by Crippen LogP contribution is -2.40. The molecule has 5 nitrogen and oxygen atoms in total. The Balaban J connectivity index is 1.32. The molecule has 0 N–H and O–H groups in total. The second kappa shape index (κ2) is 8.78. The van der Waals surface area contributed by atoms with Crippen LogP contribution >= 0.6 is 0 Å². The number of benzene rings is 2. The van der Waals surface area contributed by atoms with Gasteiger partial charge in [-0.05, 0) is 48.1 Å². The van der Waals surface area contributed by atoms with Crippen LogP contribution in [-0.4, -0.2) is 48.4 Å². The van der Waals surface area contributed by atoms with Crippen molar-refractivity contribution in [2.24, 2.45) is 5.92 Å². The molecule has 0 aromatic heterocycles. The Bertz CT molecular complexity index is 870. The molecule has 2 heterocycles. The molecule has 0 bridgehead atoms. The quantitative estimate of drug-likeness (QED) is 0.750. The molecule has 0 saturated carbocycles. The van der Waals surface area contributed by atoms with E-state index in [1.807, 2.05) is 17.0 Å². The zero-order valence-electron chi connectivity index (χ0n) is 17.0. The van der Waals surface area contributed by atoms with E-state index in [1.165, 1.54) is 23.8 Å². The Labute approximate surface area is 172 Å². The van der Waals surface area contributed by atoms with E-state index in [0.29, 0.717) is 31.5 Å². The van der Waals surface area contributed by atoms with E-state index in [0.717, 1.165) is 26.1 Å². The molecule has 1 amide bonds. The van der Waals surface area contributed by atoms with Crippen molar-refractivity contribution < 1.29 is 14.3 Å². The van der Waals surface area contributed by atoms with Crippen molar-refractivity contribution in [2.75, 3.05) is 26.7 Å². The van der Waals surface area contributed by atoms with Crippen molar-refractivity contribution in [1.29, 1.82) is 0 Å². The van der Waals surface area contributed by atoms with Crippen molar-refractivity contribution in [1.82, 2.24) is 9.80 Å². The fourth-order valence-electron chi connectivity index (χ4n) is 4.37. The van der Waals surface area contributed by atoms with E-state index >= 15 is 0 Å². The number of methoxy groups -OCH3 is 1. The summed E-state index contributed by atoms with van der Waals surface area (Å²) in [4.78, 5) is 28.7. The van der Waals surface area contributed by atoms with Crippen LogP contribution in [0.3, 0.4) is 0 Å². The largest absolute Gasteiger partial charge is 0.469 e. The highest BCUT2D eigenvalue weighted by Crippen LogP contribution is 2.22. The van der Waals surface area contributed by atoms with Gasteiger partial charge in [-0.25, -0.2) is 0 Å². The Morgan fingerprint density at radius 2 is 1.66 bits per heavy atom. The third-order valence-electron chi connectivity index (χ3n) is 6.13. The monoisotopic (exact) mass is 392 g/mol. The number of rotatable bonds is 4. The van der Waals surface area contributed by atoms with E-state index in [-0.39, 0.29) is 17.8 Å². The first-order valence-electron chi connectivity index (χ1n) is 10.4. The molecule has 2 aliphatic heterocycles. The summed E-state index contributed by atoms with van der Waals surface area (Å²) in [6, 6.07) is 16.7. The summed E-state index contributed by atoms with van der Waals surface area (Å²) in [6.45, 7) is 4.15. The summed E-state index contributed by atoms with van der Waals surface area (Å²) in [6.07, 6.45) is 2.44. The van der Waals surface area contributed by atoms with Crippen LogP contribution in [0.5, 0.6) is 0 Å². The van der Waals surface area contributed by atoms with Crippen molar-refractivity contribution in [3.63, 3.8) is 0 Å². The standard InChI is InChI=1S/C24H28N2O3/c1-29-24(28)21-11-14-26(15-12-21)23(27)20-8-6-18(7-9-20)16-25-13-10-19-4-2-3-5-22(19)17-25/h2-9,21H,10-17H2,1H3. The van der Waals surface area contributed by atoms with Gasteiger partial charge in [0.15, 0.2) is 0 Å². The minimum Gasteiger partial charge on any atom is -0.469 e. The molecule has 0 aliphatic carbocycles. The van der Waals surface area contributed by atoms with Crippen LogP contribution in [0, 0.1) is 5.92 Å². The Hall–Kier alpha value is -2.66. The molecule has 2 aromatic carbocycles. The second-order valence-electron chi connectivity index (χ2n) is 8.02. The first-order valence-corrected chi connectivity index (χ1v) is 10.4. The number of likely N-dealkylation sites (tertiary alicyclic amines) is 1.